The third kappa shape index (κ3) is 8.90. The molecule has 0 bridgehead atoms. The Morgan fingerprint density at radius 3 is 2.04 bits per heavy atom. The molecular formula is C36H39Cl2N3O4S. The van der Waals surface area contributed by atoms with E-state index < -0.39 is 28.5 Å². The van der Waals surface area contributed by atoms with Crippen molar-refractivity contribution in [2.45, 2.75) is 58.0 Å². The minimum Gasteiger partial charge on any atom is -0.354 e. The molecule has 7 nitrogen and oxygen atoms in total. The maximum Gasteiger partial charge on any atom is 0.264 e. The number of hydrogen-bond acceptors (Lipinski definition) is 4. The van der Waals surface area contributed by atoms with Crippen LogP contribution in [0.2, 0.25) is 10.0 Å². The van der Waals surface area contributed by atoms with Crippen molar-refractivity contribution in [1.82, 2.24) is 10.2 Å². The lowest BCUT2D eigenvalue weighted by Crippen LogP contribution is -2.53. The van der Waals surface area contributed by atoms with Crippen LogP contribution in [0, 0.1) is 20.8 Å². The van der Waals surface area contributed by atoms with Crippen LogP contribution in [0.25, 0.3) is 0 Å². The van der Waals surface area contributed by atoms with Crippen LogP contribution in [0.15, 0.2) is 95.9 Å². The molecule has 1 N–H and O–H groups in total. The third-order valence-electron chi connectivity index (χ3n) is 7.54. The number of carbonyl (C=O) groups is 2. The van der Waals surface area contributed by atoms with Crippen LogP contribution < -0.4 is 9.62 Å². The first-order valence-corrected chi connectivity index (χ1v) is 17.3. The summed E-state index contributed by atoms with van der Waals surface area (Å²) < 4.78 is 29.6. The van der Waals surface area contributed by atoms with Crippen LogP contribution in [0.4, 0.5) is 5.69 Å². The highest BCUT2D eigenvalue weighted by atomic mass is 35.5. The van der Waals surface area contributed by atoms with E-state index in [1.54, 1.807) is 42.5 Å². The summed E-state index contributed by atoms with van der Waals surface area (Å²) in [6.45, 7) is 7.46. The number of halogens is 2. The SMILES string of the molecule is CCCNC(=O)[C@@H](Cc1ccccc1)N(Cc1ccc(Cl)c(Cl)c1)C(=O)CN(c1cc(C)cc(C)c1)S(=O)(=O)c1ccc(C)cc1. The molecule has 1 atom stereocenters. The zero-order valence-corrected chi connectivity index (χ0v) is 28.8. The van der Waals surface area contributed by atoms with E-state index in [0.29, 0.717) is 34.3 Å². The second-order valence-corrected chi connectivity index (χ2v) is 14.1. The monoisotopic (exact) mass is 679 g/mol. The molecule has 0 heterocycles. The summed E-state index contributed by atoms with van der Waals surface area (Å²) in [5.41, 5.74) is 4.45. The number of rotatable bonds is 13. The zero-order valence-electron chi connectivity index (χ0n) is 26.5. The second kappa shape index (κ2) is 15.6. The number of hydrogen-bond donors (Lipinski definition) is 1. The first-order chi connectivity index (χ1) is 21.9. The van der Waals surface area contributed by atoms with Gasteiger partial charge in [0.25, 0.3) is 10.0 Å². The van der Waals surface area contributed by atoms with Gasteiger partial charge in [-0.1, -0.05) is 90.3 Å². The summed E-state index contributed by atoms with van der Waals surface area (Å²) >= 11 is 12.5. The van der Waals surface area contributed by atoms with E-state index in [1.807, 2.05) is 64.1 Å². The predicted molar refractivity (Wildman–Crippen MR) is 186 cm³/mol. The Hall–Kier alpha value is -3.85. The van der Waals surface area contributed by atoms with Gasteiger partial charge in [0.2, 0.25) is 11.8 Å². The molecule has 0 aliphatic heterocycles. The lowest BCUT2D eigenvalue weighted by molar-refractivity contribution is -0.140. The normalized spacial score (nSPS) is 12.0. The molecule has 0 unspecified atom stereocenters. The van der Waals surface area contributed by atoms with Crippen LogP contribution in [-0.4, -0.2) is 44.3 Å². The summed E-state index contributed by atoms with van der Waals surface area (Å²) in [6.07, 6.45) is 0.928. The maximum atomic E-state index is 14.6. The van der Waals surface area contributed by atoms with Crippen LogP contribution >= 0.6 is 23.2 Å². The summed E-state index contributed by atoms with van der Waals surface area (Å²) in [4.78, 5) is 29.9. The van der Waals surface area contributed by atoms with Gasteiger partial charge in [-0.2, -0.15) is 0 Å². The van der Waals surface area contributed by atoms with Crippen molar-refractivity contribution in [2.24, 2.45) is 0 Å². The highest BCUT2D eigenvalue weighted by Crippen LogP contribution is 2.28. The van der Waals surface area contributed by atoms with Gasteiger partial charge in [0.05, 0.1) is 20.6 Å². The molecular weight excluding hydrogens is 641 g/mol. The molecule has 2 amide bonds. The molecule has 4 aromatic carbocycles. The zero-order chi connectivity index (χ0) is 33.4. The fourth-order valence-corrected chi connectivity index (χ4v) is 6.93. The van der Waals surface area contributed by atoms with E-state index in [2.05, 4.69) is 5.32 Å². The summed E-state index contributed by atoms with van der Waals surface area (Å²) in [5, 5.41) is 3.61. The lowest BCUT2D eigenvalue weighted by atomic mass is 10.0. The number of amides is 2. The fraction of sp³-hybridized carbons (Fsp3) is 0.278. The van der Waals surface area contributed by atoms with E-state index in [1.165, 1.54) is 17.0 Å². The number of anilines is 1. The molecule has 0 aliphatic rings. The highest BCUT2D eigenvalue weighted by Gasteiger charge is 2.34. The van der Waals surface area contributed by atoms with Crippen molar-refractivity contribution in [3.63, 3.8) is 0 Å². The minimum atomic E-state index is -4.19. The summed E-state index contributed by atoms with van der Waals surface area (Å²) in [7, 11) is -4.19. The molecule has 0 saturated carbocycles. The van der Waals surface area contributed by atoms with Crippen molar-refractivity contribution in [2.75, 3.05) is 17.4 Å². The largest absolute Gasteiger partial charge is 0.354 e. The Morgan fingerprint density at radius 2 is 1.43 bits per heavy atom. The summed E-state index contributed by atoms with van der Waals surface area (Å²) in [5.74, 6) is -0.882. The number of nitrogens with zero attached hydrogens (tertiary/aromatic N) is 2. The van der Waals surface area contributed by atoms with E-state index in [9.17, 15) is 18.0 Å². The molecule has 242 valence electrons. The van der Waals surface area contributed by atoms with E-state index >= 15 is 0 Å². The van der Waals surface area contributed by atoms with Crippen molar-refractivity contribution >= 4 is 50.7 Å². The minimum absolute atomic E-state index is 0.00195. The maximum absolute atomic E-state index is 14.6. The predicted octanol–water partition coefficient (Wildman–Crippen LogP) is 7.28. The van der Waals surface area contributed by atoms with E-state index in [0.717, 1.165) is 26.6 Å². The van der Waals surface area contributed by atoms with Gasteiger partial charge in [0.15, 0.2) is 0 Å². The van der Waals surface area contributed by atoms with Crippen molar-refractivity contribution < 1.29 is 18.0 Å². The molecule has 10 heteroatoms. The third-order valence-corrected chi connectivity index (χ3v) is 10.1. The molecule has 4 rings (SSSR count). The van der Waals surface area contributed by atoms with Gasteiger partial charge < -0.3 is 10.2 Å². The van der Waals surface area contributed by atoms with Gasteiger partial charge in [0.1, 0.15) is 12.6 Å². The van der Waals surface area contributed by atoms with Crippen molar-refractivity contribution in [3.05, 3.63) is 129 Å². The van der Waals surface area contributed by atoms with Crippen LogP contribution in [0.3, 0.4) is 0 Å². The quantitative estimate of drug-likeness (QED) is 0.161. The Kier molecular flexibility index (Phi) is 11.9. The van der Waals surface area contributed by atoms with E-state index in [-0.39, 0.29) is 23.8 Å². The number of nitrogens with one attached hydrogen (secondary N) is 1. The Morgan fingerprint density at radius 1 is 0.783 bits per heavy atom. The van der Waals surface area contributed by atoms with E-state index in [4.69, 9.17) is 23.2 Å². The number of aryl methyl sites for hydroxylation is 3. The smallest absolute Gasteiger partial charge is 0.264 e. The van der Waals surface area contributed by atoms with Crippen LogP contribution in [0.5, 0.6) is 0 Å². The first-order valence-electron chi connectivity index (χ1n) is 15.1. The topological polar surface area (TPSA) is 86.8 Å². The van der Waals surface area contributed by atoms with Crippen LogP contribution in [0.1, 0.15) is 41.2 Å². The molecule has 0 aliphatic carbocycles. The average molecular weight is 681 g/mol. The molecule has 0 radical (unpaired) electrons. The molecule has 0 aromatic heterocycles. The molecule has 0 fully saturated rings. The number of benzene rings is 4. The Balaban J connectivity index is 1.83. The number of sulfonamides is 1. The Bertz CT molecular complexity index is 1760. The highest BCUT2D eigenvalue weighted by molar-refractivity contribution is 7.92. The lowest BCUT2D eigenvalue weighted by Gasteiger charge is -2.34. The van der Waals surface area contributed by atoms with Gasteiger partial charge >= 0.3 is 0 Å². The van der Waals surface area contributed by atoms with Gasteiger partial charge in [-0.15, -0.1) is 0 Å². The molecule has 0 spiro atoms. The van der Waals surface area contributed by atoms with Crippen LogP contribution in [-0.2, 0) is 32.6 Å². The average Bonchev–Trinajstić information content (AvgIpc) is 3.02. The number of carbonyl (C=O) groups excluding carboxylic acids is 2. The fourth-order valence-electron chi connectivity index (χ4n) is 5.22. The van der Waals surface area contributed by atoms with Gasteiger partial charge in [-0.3, -0.25) is 13.9 Å². The van der Waals surface area contributed by atoms with Gasteiger partial charge in [-0.25, -0.2) is 8.42 Å². The first kappa shape index (κ1) is 35.0. The molecule has 4 aromatic rings. The summed E-state index contributed by atoms with van der Waals surface area (Å²) in [6, 6.07) is 25.4. The van der Waals surface area contributed by atoms with Crippen molar-refractivity contribution in [3.8, 4) is 0 Å². The second-order valence-electron chi connectivity index (χ2n) is 11.4. The van der Waals surface area contributed by atoms with Gasteiger partial charge in [-0.05, 0) is 85.8 Å². The molecule has 0 saturated heterocycles. The molecule has 46 heavy (non-hydrogen) atoms. The standard InChI is InChI=1S/C36H39Cl2N3O4S/c1-5-17-39-36(43)34(22-28-9-7-6-8-10-28)40(23-29-13-16-32(37)33(38)21-29)35(42)24-41(30-19-26(3)18-27(4)20-30)46(44,45)31-14-11-25(2)12-15-31/h6-16,18-21,34H,5,17,22-24H2,1-4H3,(H,39,43)/t34-/m1/s1. The van der Waals surface area contributed by atoms with Gasteiger partial charge in [0, 0.05) is 19.5 Å². The Labute approximate surface area is 282 Å². The van der Waals surface area contributed by atoms with Crippen molar-refractivity contribution in [1.29, 1.82) is 0 Å².